The van der Waals surface area contributed by atoms with E-state index in [1.807, 2.05) is 18.2 Å². The third-order valence-electron chi connectivity index (χ3n) is 2.64. The van der Waals surface area contributed by atoms with Crippen molar-refractivity contribution in [3.05, 3.63) is 23.2 Å². The SMILES string of the molecule is CCCn1c(SCCOC)nc2cc(Cl)ccc21. The molecule has 0 saturated carbocycles. The molecule has 2 aromatic rings. The van der Waals surface area contributed by atoms with Crippen LogP contribution >= 0.6 is 23.4 Å². The number of hydrogen-bond donors (Lipinski definition) is 0. The van der Waals surface area contributed by atoms with Crippen LogP contribution in [0.1, 0.15) is 13.3 Å². The van der Waals surface area contributed by atoms with Crippen LogP contribution in [0.4, 0.5) is 0 Å². The molecule has 1 heterocycles. The third kappa shape index (κ3) is 2.99. The van der Waals surface area contributed by atoms with Gasteiger partial charge in [-0.25, -0.2) is 4.98 Å². The highest BCUT2D eigenvalue weighted by Crippen LogP contribution is 2.26. The van der Waals surface area contributed by atoms with Crippen molar-refractivity contribution >= 4 is 34.4 Å². The number of benzene rings is 1. The Kier molecular flexibility index (Phi) is 4.92. The predicted molar refractivity (Wildman–Crippen MR) is 77.6 cm³/mol. The highest BCUT2D eigenvalue weighted by molar-refractivity contribution is 7.99. The van der Waals surface area contributed by atoms with E-state index in [-0.39, 0.29) is 0 Å². The van der Waals surface area contributed by atoms with Gasteiger partial charge in [0.05, 0.1) is 17.6 Å². The molecule has 18 heavy (non-hydrogen) atoms. The first-order chi connectivity index (χ1) is 8.76. The zero-order valence-corrected chi connectivity index (χ0v) is 12.2. The number of rotatable bonds is 6. The number of imidazole rings is 1. The zero-order valence-electron chi connectivity index (χ0n) is 10.6. The van der Waals surface area contributed by atoms with Crippen LogP contribution in [0.25, 0.3) is 11.0 Å². The Balaban J connectivity index is 2.34. The fraction of sp³-hybridized carbons (Fsp3) is 0.462. The van der Waals surface area contributed by atoms with E-state index in [0.29, 0.717) is 0 Å². The van der Waals surface area contributed by atoms with Crippen molar-refractivity contribution in [1.82, 2.24) is 9.55 Å². The first kappa shape index (κ1) is 13.7. The molecule has 5 heteroatoms. The molecule has 0 unspecified atom stereocenters. The lowest BCUT2D eigenvalue weighted by Crippen LogP contribution is -2.00. The molecule has 2 rings (SSSR count). The number of fused-ring (bicyclic) bond motifs is 1. The molecule has 0 saturated heterocycles. The second-order valence-corrected chi connectivity index (χ2v) is 5.52. The average Bonchev–Trinajstić information content (AvgIpc) is 2.68. The highest BCUT2D eigenvalue weighted by atomic mass is 35.5. The Hall–Kier alpha value is -0.710. The second kappa shape index (κ2) is 6.45. The van der Waals surface area contributed by atoms with E-state index in [4.69, 9.17) is 16.3 Å². The minimum Gasteiger partial charge on any atom is -0.384 e. The van der Waals surface area contributed by atoms with Crippen molar-refractivity contribution in [2.24, 2.45) is 0 Å². The topological polar surface area (TPSA) is 27.1 Å². The fourth-order valence-corrected chi connectivity index (χ4v) is 2.95. The van der Waals surface area contributed by atoms with E-state index in [1.165, 1.54) is 0 Å². The van der Waals surface area contributed by atoms with Gasteiger partial charge >= 0.3 is 0 Å². The predicted octanol–water partition coefficient (Wildman–Crippen LogP) is 3.84. The highest BCUT2D eigenvalue weighted by Gasteiger charge is 2.10. The number of hydrogen-bond acceptors (Lipinski definition) is 3. The van der Waals surface area contributed by atoms with Gasteiger partial charge in [0.1, 0.15) is 0 Å². The monoisotopic (exact) mass is 284 g/mol. The molecule has 0 radical (unpaired) electrons. The summed E-state index contributed by atoms with van der Waals surface area (Å²) in [7, 11) is 1.72. The molecule has 0 aliphatic heterocycles. The molecule has 3 nitrogen and oxygen atoms in total. The van der Waals surface area contributed by atoms with Crippen LogP contribution in [0.3, 0.4) is 0 Å². The number of aryl methyl sites for hydroxylation is 1. The minimum absolute atomic E-state index is 0.733. The summed E-state index contributed by atoms with van der Waals surface area (Å²) in [6.07, 6.45) is 1.09. The van der Waals surface area contributed by atoms with Crippen molar-refractivity contribution in [3.63, 3.8) is 0 Å². The number of halogens is 1. The van der Waals surface area contributed by atoms with Crippen LogP contribution in [-0.4, -0.2) is 29.0 Å². The lowest BCUT2D eigenvalue weighted by Gasteiger charge is -2.06. The lowest BCUT2D eigenvalue weighted by atomic mass is 10.3. The summed E-state index contributed by atoms with van der Waals surface area (Å²) in [6.45, 7) is 3.89. The van der Waals surface area contributed by atoms with Gasteiger partial charge in [0.25, 0.3) is 0 Å². The molecule has 0 bridgehead atoms. The molecule has 0 amide bonds. The molecule has 0 fully saturated rings. The van der Waals surface area contributed by atoms with Crippen molar-refractivity contribution in [1.29, 1.82) is 0 Å². The summed E-state index contributed by atoms with van der Waals surface area (Å²) < 4.78 is 7.33. The maximum atomic E-state index is 6.01. The Bertz CT molecular complexity index is 527. The van der Waals surface area contributed by atoms with Crippen molar-refractivity contribution in [2.75, 3.05) is 19.5 Å². The molecule has 0 aliphatic rings. The van der Waals surface area contributed by atoms with Crippen LogP contribution in [0, 0.1) is 0 Å². The van der Waals surface area contributed by atoms with E-state index in [9.17, 15) is 0 Å². The summed E-state index contributed by atoms with van der Waals surface area (Å²) in [6, 6.07) is 5.88. The summed E-state index contributed by atoms with van der Waals surface area (Å²) >= 11 is 7.74. The fourth-order valence-electron chi connectivity index (χ4n) is 1.85. The van der Waals surface area contributed by atoms with Gasteiger partial charge in [-0.3, -0.25) is 0 Å². The smallest absolute Gasteiger partial charge is 0.169 e. The zero-order chi connectivity index (χ0) is 13.0. The summed E-state index contributed by atoms with van der Waals surface area (Å²) in [4.78, 5) is 4.65. The molecule has 0 aliphatic carbocycles. The molecule has 1 aromatic carbocycles. The van der Waals surface area contributed by atoms with Gasteiger partial charge in [-0.1, -0.05) is 30.3 Å². The van der Waals surface area contributed by atoms with Crippen LogP contribution in [0.15, 0.2) is 23.4 Å². The van der Waals surface area contributed by atoms with Crippen molar-refractivity contribution in [3.8, 4) is 0 Å². The Morgan fingerprint density at radius 3 is 3.00 bits per heavy atom. The van der Waals surface area contributed by atoms with E-state index >= 15 is 0 Å². The summed E-state index contributed by atoms with van der Waals surface area (Å²) in [5, 5.41) is 1.78. The standard InChI is InChI=1S/C13H17ClN2OS/c1-3-6-16-12-5-4-10(14)9-11(12)15-13(16)18-8-7-17-2/h4-5,9H,3,6-8H2,1-2H3. The maximum absolute atomic E-state index is 6.01. The van der Waals surface area contributed by atoms with E-state index in [0.717, 1.165) is 46.5 Å². The molecular weight excluding hydrogens is 268 g/mol. The summed E-state index contributed by atoms with van der Waals surface area (Å²) in [5.41, 5.74) is 2.12. The maximum Gasteiger partial charge on any atom is 0.169 e. The second-order valence-electron chi connectivity index (χ2n) is 4.02. The average molecular weight is 285 g/mol. The molecule has 0 spiro atoms. The van der Waals surface area contributed by atoms with Gasteiger partial charge in [-0.2, -0.15) is 0 Å². The van der Waals surface area contributed by atoms with E-state index in [1.54, 1.807) is 18.9 Å². The van der Waals surface area contributed by atoms with Gasteiger partial charge < -0.3 is 9.30 Å². The Morgan fingerprint density at radius 2 is 2.28 bits per heavy atom. The first-order valence-electron chi connectivity index (χ1n) is 6.03. The number of methoxy groups -OCH3 is 1. The van der Waals surface area contributed by atoms with Gasteiger partial charge in [-0.05, 0) is 24.6 Å². The largest absolute Gasteiger partial charge is 0.384 e. The molecule has 98 valence electrons. The number of aromatic nitrogens is 2. The van der Waals surface area contributed by atoms with Crippen LogP contribution < -0.4 is 0 Å². The van der Waals surface area contributed by atoms with Gasteiger partial charge in [0.15, 0.2) is 5.16 Å². The number of nitrogens with zero attached hydrogens (tertiary/aromatic N) is 2. The van der Waals surface area contributed by atoms with Gasteiger partial charge in [-0.15, -0.1) is 0 Å². The molecular formula is C13H17ClN2OS. The van der Waals surface area contributed by atoms with Crippen molar-refractivity contribution in [2.45, 2.75) is 25.0 Å². The van der Waals surface area contributed by atoms with Crippen LogP contribution in [-0.2, 0) is 11.3 Å². The molecule has 0 N–H and O–H groups in total. The van der Waals surface area contributed by atoms with Crippen molar-refractivity contribution < 1.29 is 4.74 Å². The number of thioether (sulfide) groups is 1. The van der Waals surface area contributed by atoms with Crippen LogP contribution in [0.5, 0.6) is 0 Å². The van der Waals surface area contributed by atoms with Gasteiger partial charge in [0.2, 0.25) is 0 Å². The molecule has 0 atom stereocenters. The van der Waals surface area contributed by atoms with E-state index < -0.39 is 0 Å². The first-order valence-corrected chi connectivity index (χ1v) is 7.40. The third-order valence-corrected chi connectivity index (χ3v) is 3.82. The summed E-state index contributed by atoms with van der Waals surface area (Å²) in [5.74, 6) is 0.914. The lowest BCUT2D eigenvalue weighted by molar-refractivity contribution is 0.218. The number of ether oxygens (including phenoxy) is 1. The van der Waals surface area contributed by atoms with Gasteiger partial charge in [0, 0.05) is 24.4 Å². The Labute approximate surface area is 116 Å². The van der Waals surface area contributed by atoms with E-state index in [2.05, 4.69) is 16.5 Å². The minimum atomic E-state index is 0.733. The quantitative estimate of drug-likeness (QED) is 0.596. The Morgan fingerprint density at radius 1 is 1.44 bits per heavy atom. The normalized spacial score (nSPS) is 11.3. The van der Waals surface area contributed by atoms with Crippen LogP contribution in [0.2, 0.25) is 5.02 Å². The molecule has 1 aromatic heterocycles.